The van der Waals surface area contributed by atoms with E-state index in [0.29, 0.717) is 19.3 Å². The predicted octanol–water partition coefficient (Wildman–Crippen LogP) is 17.3. The number of ether oxygens (including phenoxy) is 3. The molecule has 0 aromatic carbocycles. The topological polar surface area (TPSA) is 78.9 Å². The minimum absolute atomic E-state index is 0.0821. The van der Waals surface area contributed by atoms with Gasteiger partial charge >= 0.3 is 17.9 Å². The van der Waals surface area contributed by atoms with E-state index in [1.807, 2.05) is 0 Å². The molecule has 0 fully saturated rings. The van der Waals surface area contributed by atoms with E-state index in [1.165, 1.54) is 109 Å². The van der Waals surface area contributed by atoms with Gasteiger partial charge in [0.25, 0.3) is 0 Å². The van der Waals surface area contributed by atoms with E-state index in [9.17, 15) is 14.4 Å². The van der Waals surface area contributed by atoms with Crippen LogP contribution in [0.3, 0.4) is 0 Å². The second-order valence-corrected chi connectivity index (χ2v) is 17.4. The first-order valence-electron chi connectivity index (χ1n) is 26.3. The minimum atomic E-state index is -0.784. The highest BCUT2D eigenvalue weighted by atomic mass is 16.6. The summed E-state index contributed by atoms with van der Waals surface area (Å²) >= 11 is 0. The van der Waals surface area contributed by atoms with Crippen molar-refractivity contribution >= 4 is 17.9 Å². The Bertz CT molecular complexity index is 1130. The van der Waals surface area contributed by atoms with Gasteiger partial charge in [-0.15, -0.1) is 0 Å². The molecule has 1 unspecified atom stereocenters. The lowest BCUT2D eigenvalue weighted by molar-refractivity contribution is -0.167. The third-order valence-electron chi connectivity index (χ3n) is 11.3. The molecule has 0 heterocycles. The molecule has 0 aromatic heterocycles. The third kappa shape index (κ3) is 48.1. The summed E-state index contributed by atoms with van der Waals surface area (Å²) in [5.41, 5.74) is 0. The largest absolute Gasteiger partial charge is 0.462 e. The normalized spacial score (nSPS) is 12.5. The molecule has 1 atom stereocenters. The SMILES string of the molecule is CC/C=C\C/C=C\C/C=C\CCCCCCCC(=O)OC(COC(=O)CCCCCCCCC/C=C\C/C=C\CCCCC)COC(=O)CCCCCCCCCCCCCC. The van der Waals surface area contributed by atoms with Crippen LogP contribution in [0, 0.1) is 0 Å². The Morgan fingerprint density at radius 2 is 0.629 bits per heavy atom. The molecular formula is C56H98O6. The fourth-order valence-corrected chi connectivity index (χ4v) is 7.31. The Morgan fingerprint density at radius 3 is 1.02 bits per heavy atom. The van der Waals surface area contributed by atoms with Crippen LogP contribution in [0.4, 0.5) is 0 Å². The van der Waals surface area contributed by atoms with Gasteiger partial charge in [-0.1, -0.05) is 216 Å². The Morgan fingerprint density at radius 1 is 0.339 bits per heavy atom. The van der Waals surface area contributed by atoms with Gasteiger partial charge in [0, 0.05) is 19.3 Å². The summed E-state index contributed by atoms with van der Waals surface area (Å²) in [6.07, 6.45) is 62.0. The maximum Gasteiger partial charge on any atom is 0.306 e. The molecule has 0 aliphatic heterocycles. The van der Waals surface area contributed by atoms with Gasteiger partial charge in [0.2, 0.25) is 0 Å². The minimum Gasteiger partial charge on any atom is -0.462 e. The lowest BCUT2D eigenvalue weighted by atomic mass is 10.0. The number of carbonyl (C=O) groups is 3. The van der Waals surface area contributed by atoms with Crippen LogP contribution in [0.5, 0.6) is 0 Å². The predicted molar refractivity (Wildman–Crippen MR) is 265 cm³/mol. The van der Waals surface area contributed by atoms with E-state index in [1.54, 1.807) is 0 Å². The molecule has 0 N–H and O–H groups in total. The third-order valence-corrected chi connectivity index (χ3v) is 11.3. The molecular weight excluding hydrogens is 769 g/mol. The van der Waals surface area contributed by atoms with Crippen molar-refractivity contribution in [2.24, 2.45) is 0 Å². The number of allylic oxidation sites excluding steroid dienone is 10. The van der Waals surface area contributed by atoms with Crippen molar-refractivity contribution in [2.75, 3.05) is 13.2 Å². The zero-order chi connectivity index (χ0) is 45.1. The summed E-state index contributed by atoms with van der Waals surface area (Å²) in [6, 6.07) is 0. The Hall–Kier alpha value is -2.89. The van der Waals surface area contributed by atoms with Crippen LogP contribution >= 0.6 is 0 Å². The summed E-state index contributed by atoms with van der Waals surface area (Å²) in [6.45, 7) is 6.49. The zero-order valence-corrected chi connectivity index (χ0v) is 40.9. The number of carbonyl (C=O) groups excluding carboxylic acids is 3. The second-order valence-electron chi connectivity index (χ2n) is 17.4. The van der Waals surface area contributed by atoms with Gasteiger partial charge in [-0.2, -0.15) is 0 Å². The Kier molecular flexibility index (Phi) is 48.4. The van der Waals surface area contributed by atoms with Gasteiger partial charge in [0.15, 0.2) is 6.10 Å². The summed E-state index contributed by atoms with van der Waals surface area (Å²) < 4.78 is 16.8. The van der Waals surface area contributed by atoms with Gasteiger partial charge < -0.3 is 14.2 Å². The van der Waals surface area contributed by atoms with E-state index < -0.39 is 6.10 Å². The molecule has 0 amide bonds. The Balaban J connectivity index is 4.40. The van der Waals surface area contributed by atoms with Gasteiger partial charge in [-0.3, -0.25) is 14.4 Å². The van der Waals surface area contributed by atoms with Gasteiger partial charge in [0.1, 0.15) is 13.2 Å². The molecule has 62 heavy (non-hydrogen) atoms. The van der Waals surface area contributed by atoms with Crippen LogP contribution in [-0.2, 0) is 28.6 Å². The van der Waals surface area contributed by atoms with Crippen molar-refractivity contribution in [3.05, 3.63) is 60.8 Å². The molecule has 0 aliphatic carbocycles. The van der Waals surface area contributed by atoms with E-state index in [2.05, 4.69) is 81.5 Å². The fourth-order valence-electron chi connectivity index (χ4n) is 7.31. The maximum absolute atomic E-state index is 12.8. The van der Waals surface area contributed by atoms with E-state index in [-0.39, 0.29) is 31.1 Å². The van der Waals surface area contributed by atoms with Gasteiger partial charge in [0.05, 0.1) is 0 Å². The molecule has 0 spiro atoms. The van der Waals surface area contributed by atoms with Crippen LogP contribution in [0.1, 0.15) is 258 Å². The lowest BCUT2D eigenvalue weighted by Gasteiger charge is -2.18. The first-order chi connectivity index (χ1) is 30.5. The lowest BCUT2D eigenvalue weighted by Crippen LogP contribution is -2.30. The van der Waals surface area contributed by atoms with Crippen molar-refractivity contribution in [3.63, 3.8) is 0 Å². The Labute approximate surface area is 383 Å². The van der Waals surface area contributed by atoms with Crippen LogP contribution in [-0.4, -0.2) is 37.2 Å². The molecule has 0 aliphatic rings. The van der Waals surface area contributed by atoms with Crippen LogP contribution < -0.4 is 0 Å². The second kappa shape index (κ2) is 50.8. The highest BCUT2D eigenvalue weighted by molar-refractivity contribution is 5.71. The molecule has 0 saturated heterocycles. The van der Waals surface area contributed by atoms with Crippen molar-refractivity contribution in [1.29, 1.82) is 0 Å². The zero-order valence-electron chi connectivity index (χ0n) is 40.9. The van der Waals surface area contributed by atoms with Gasteiger partial charge in [-0.05, 0) is 83.5 Å². The molecule has 0 radical (unpaired) electrons. The van der Waals surface area contributed by atoms with Crippen LogP contribution in [0.15, 0.2) is 60.8 Å². The summed E-state index contributed by atoms with van der Waals surface area (Å²) in [4.78, 5) is 38.0. The molecule has 0 saturated carbocycles. The summed E-state index contributed by atoms with van der Waals surface area (Å²) in [5, 5.41) is 0. The first kappa shape index (κ1) is 59.1. The standard InChI is InChI=1S/C56H98O6/c1-4-7-10-13-16-19-22-25-27-28-30-31-34-37-40-43-46-49-55(58)61-52-53(51-60-54(57)48-45-42-39-36-33-24-21-18-15-12-9-6-3)62-56(59)50-47-44-41-38-35-32-29-26-23-20-17-14-11-8-5-2/h8,11,16-17,19-20,25-27,29,53H,4-7,9-10,12-15,18,21-24,28,30-52H2,1-3H3/b11-8-,19-16-,20-17-,27-25-,29-26-. The number of esters is 3. The number of hydrogen-bond donors (Lipinski definition) is 0. The van der Waals surface area contributed by atoms with E-state index >= 15 is 0 Å². The molecule has 0 bridgehead atoms. The van der Waals surface area contributed by atoms with Crippen molar-refractivity contribution in [1.82, 2.24) is 0 Å². The fraction of sp³-hybridized carbons (Fsp3) is 0.768. The summed E-state index contributed by atoms with van der Waals surface area (Å²) in [7, 11) is 0. The van der Waals surface area contributed by atoms with Crippen molar-refractivity contribution in [3.8, 4) is 0 Å². The number of unbranched alkanes of at least 4 members (excludes halogenated alkanes) is 26. The van der Waals surface area contributed by atoms with Crippen molar-refractivity contribution < 1.29 is 28.6 Å². The van der Waals surface area contributed by atoms with Crippen LogP contribution in [0.25, 0.3) is 0 Å². The summed E-state index contributed by atoms with van der Waals surface area (Å²) in [5.74, 6) is -0.902. The van der Waals surface area contributed by atoms with Crippen molar-refractivity contribution in [2.45, 2.75) is 264 Å². The van der Waals surface area contributed by atoms with E-state index in [4.69, 9.17) is 14.2 Å². The first-order valence-corrected chi connectivity index (χ1v) is 26.3. The average Bonchev–Trinajstić information content (AvgIpc) is 3.27. The molecule has 0 rings (SSSR count). The highest BCUT2D eigenvalue weighted by Crippen LogP contribution is 2.15. The molecule has 6 nitrogen and oxygen atoms in total. The average molecular weight is 867 g/mol. The monoisotopic (exact) mass is 867 g/mol. The molecule has 358 valence electrons. The highest BCUT2D eigenvalue weighted by Gasteiger charge is 2.19. The van der Waals surface area contributed by atoms with E-state index in [0.717, 1.165) is 109 Å². The number of hydrogen-bond acceptors (Lipinski definition) is 6. The quantitative estimate of drug-likeness (QED) is 0.0262. The molecule has 0 aromatic rings. The molecule has 6 heteroatoms. The van der Waals surface area contributed by atoms with Gasteiger partial charge in [-0.25, -0.2) is 0 Å². The van der Waals surface area contributed by atoms with Crippen LogP contribution in [0.2, 0.25) is 0 Å². The smallest absolute Gasteiger partial charge is 0.306 e. The maximum atomic E-state index is 12.8. The number of rotatable bonds is 47.